The molecular formula is C17H22FN3O. The molecule has 0 bridgehead atoms. The molecule has 0 saturated carbocycles. The topological polar surface area (TPSA) is 30.3 Å². The van der Waals surface area contributed by atoms with Crippen molar-refractivity contribution in [2.75, 3.05) is 20.2 Å². The predicted molar refractivity (Wildman–Crippen MR) is 83.3 cm³/mol. The van der Waals surface area contributed by atoms with Crippen LogP contribution in [-0.2, 0) is 6.54 Å². The van der Waals surface area contributed by atoms with Crippen molar-refractivity contribution in [1.29, 1.82) is 0 Å². The van der Waals surface area contributed by atoms with E-state index in [1.165, 1.54) is 7.11 Å². The zero-order valence-electron chi connectivity index (χ0n) is 13.1. The Bertz CT molecular complexity index is 614. The van der Waals surface area contributed by atoms with Crippen LogP contribution in [0.25, 0.3) is 0 Å². The average Bonchev–Trinajstić information content (AvgIpc) is 3.05. The van der Waals surface area contributed by atoms with Gasteiger partial charge in [0.25, 0.3) is 0 Å². The maximum Gasteiger partial charge on any atom is 0.169 e. The lowest BCUT2D eigenvalue weighted by molar-refractivity contribution is 0.125. The van der Waals surface area contributed by atoms with Crippen LogP contribution >= 0.6 is 0 Å². The van der Waals surface area contributed by atoms with Gasteiger partial charge in [0.1, 0.15) is 0 Å². The monoisotopic (exact) mass is 303 g/mol. The molecule has 2 aromatic rings. The summed E-state index contributed by atoms with van der Waals surface area (Å²) in [5.41, 5.74) is 0.693. The number of ether oxygens (including phenoxy) is 1. The molecule has 0 amide bonds. The molecule has 0 radical (unpaired) electrons. The molecule has 2 atom stereocenters. The van der Waals surface area contributed by atoms with Gasteiger partial charge in [-0.15, -0.1) is 0 Å². The summed E-state index contributed by atoms with van der Waals surface area (Å²) in [7, 11) is 1.50. The van der Waals surface area contributed by atoms with Crippen molar-refractivity contribution >= 4 is 0 Å². The first-order chi connectivity index (χ1) is 10.7. The van der Waals surface area contributed by atoms with Crippen molar-refractivity contribution in [3.8, 4) is 5.75 Å². The minimum Gasteiger partial charge on any atom is -0.494 e. The maximum absolute atomic E-state index is 14.3. The van der Waals surface area contributed by atoms with Gasteiger partial charge in [0.05, 0.1) is 13.4 Å². The van der Waals surface area contributed by atoms with Gasteiger partial charge < -0.3 is 9.30 Å². The number of halogens is 1. The summed E-state index contributed by atoms with van der Waals surface area (Å²) in [5, 5.41) is 0. The van der Waals surface area contributed by atoms with E-state index in [-0.39, 0.29) is 5.82 Å². The SMILES string of the molecule is COc1cccc(CN2CC[C@@H](C)[C@H](n3ccnc3)C2)c1F. The third kappa shape index (κ3) is 2.99. The van der Waals surface area contributed by atoms with E-state index >= 15 is 0 Å². The normalized spacial score (nSPS) is 22.7. The van der Waals surface area contributed by atoms with E-state index in [9.17, 15) is 4.39 Å². The summed E-state index contributed by atoms with van der Waals surface area (Å²) < 4.78 is 21.5. The van der Waals surface area contributed by atoms with E-state index in [4.69, 9.17) is 4.74 Å². The van der Waals surface area contributed by atoms with Gasteiger partial charge >= 0.3 is 0 Å². The summed E-state index contributed by atoms with van der Waals surface area (Å²) in [5.74, 6) is 0.664. The predicted octanol–water partition coefficient (Wildman–Crippen LogP) is 3.11. The summed E-state index contributed by atoms with van der Waals surface area (Å²) in [4.78, 5) is 6.45. The van der Waals surface area contributed by atoms with Crippen LogP contribution < -0.4 is 4.74 Å². The highest BCUT2D eigenvalue weighted by Gasteiger charge is 2.27. The number of methoxy groups -OCH3 is 1. The molecule has 22 heavy (non-hydrogen) atoms. The van der Waals surface area contributed by atoms with E-state index in [2.05, 4.69) is 21.4 Å². The van der Waals surface area contributed by atoms with Crippen molar-refractivity contribution in [2.45, 2.75) is 25.9 Å². The van der Waals surface area contributed by atoms with Crippen LogP contribution in [-0.4, -0.2) is 34.7 Å². The van der Waals surface area contributed by atoms with Crippen LogP contribution in [0.15, 0.2) is 36.9 Å². The van der Waals surface area contributed by atoms with Crippen LogP contribution in [0.5, 0.6) is 5.75 Å². The molecule has 118 valence electrons. The van der Waals surface area contributed by atoms with Crippen molar-refractivity contribution in [1.82, 2.24) is 14.5 Å². The molecule has 1 aromatic heterocycles. The lowest BCUT2D eigenvalue weighted by Gasteiger charge is -2.37. The Balaban J connectivity index is 1.73. The number of piperidine rings is 1. The largest absolute Gasteiger partial charge is 0.494 e. The Labute approximate surface area is 130 Å². The maximum atomic E-state index is 14.3. The fourth-order valence-electron chi connectivity index (χ4n) is 3.19. The number of hydrogen-bond acceptors (Lipinski definition) is 3. The molecule has 3 rings (SSSR count). The van der Waals surface area contributed by atoms with Crippen LogP contribution in [0.4, 0.5) is 4.39 Å². The summed E-state index contributed by atoms with van der Waals surface area (Å²) in [6.45, 7) is 4.78. The number of hydrogen-bond donors (Lipinski definition) is 0. The smallest absolute Gasteiger partial charge is 0.169 e. The average molecular weight is 303 g/mol. The van der Waals surface area contributed by atoms with Gasteiger partial charge in [-0.1, -0.05) is 19.1 Å². The number of benzene rings is 1. The van der Waals surface area contributed by atoms with Gasteiger partial charge in [-0.2, -0.15) is 0 Å². The van der Waals surface area contributed by atoms with E-state index in [0.29, 0.717) is 29.8 Å². The standard InChI is InChI=1S/C17H22FN3O/c1-13-6-8-20(11-15(13)21-9-7-19-12-21)10-14-4-3-5-16(22-2)17(14)18/h3-5,7,9,12-13,15H,6,8,10-11H2,1-2H3/t13-,15-/m1/s1. The fourth-order valence-corrected chi connectivity index (χ4v) is 3.19. The molecule has 1 saturated heterocycles. The fraction of sp³-hybridized carbons (Fsp3) is 0.471. The minimum atomic E-state index is -0.247. The second-order valence-electron chi connectivity index (χ2n) is 6.01. The van der Waals surface area contributed by atoms with Gasteiger partial charge in [-0.05, 0) is 24.9 Å². The van der Waals surface area contributed by atoms with Crippen molar-refractivity contribution in [3.05, 3.63) is 48.3 Å². The molecule has 0 unspecified atom stereocenters. The number of aromatic nitrogens is 2. The Morgan fingerprint density at radius 2 is 2.27 bits per heavy atom. The molecular weight excluding hydrogens is 281 g/mol. The molecule has 0 N–H and O–H groups in total. The van der Waals surface area contributed by atoms with Gasteiger partial charge in [-0.25, -0.2) is 9.37 Å². The lowest BCUT2D eigenvalue weighted by atomic mass is 9.93. The van der Waals surface area contributed by atoms with E-state index in [0.717, 1.165) is 19.5 Å². The Hall–Kier alpha value is -1.88. The summed E-state index contributed by atoms with van der Waals surface area (Å²) in [6.07, 6.45) is 6.80. The van der Waals surface area contributed by atoms with Gasteiger partial charge in [-0.3, -0.25) is 4.90 Å². The quantitative estimate of drug-likeness (QED) is 0.869. The van der Waals surface area contributed by atoms with Crippen molar-refractivity contribution < 1.29 is 9.13 Å². The minimum absolute atomic E-state index is 0.247. The summed E-state index contributed by atoms with van der Waals surface area (Å²) in [6, 6.07) is 5.73. The lowest BCUT2D eigenvalue weighted by Crippen LogP contribution is -2.40. The van der Waals surface area contributed by atoms with Gasteiger partial charge in [0.15, 0.2) is 11.6 Å². The molecule has 1 aliphatic rings. The third-order valence-corrected chi connectivity index (χ3v) is 4.57. The second kappa shape index (κ2) is 6.48. The summed E-state index contributed by atoms with van der Waals surface area (Å²) >= 11 is 0. The van der Waals surface area contributed by atoms with Crippen molar-refractivity contribution in [2.24, 2.45) is 5.92 Å². The molecule has 4 nitrogen and oxygen atoms in total. The first-order valence-corrected chi connectivity index (χ1v) is 7.70. The zero-order chi connectivity index (χ0) is 15.5. The Morgan fingerprint density at radius 3 is 3.00 bits per heavy atom. The van der Waals surface area contributed by atoms with Crippen LogP contribution in [0.3, 0.4) is 0 Å². The van der Waals surface area contributed by atoms with Crippen LogP contribution in [0, 0.1) is 11.7 Å². The number of likely N-dealkylation sites (tertiary alicyclic amines) is 1. The molecule has 1 aliphatic heterocycles. The zero-order valence-corrected chi connectivity index (χ0v) is 13.1. The van der Waals surface area contributed by atoms with E-state index in [1.807, 2.05) is 30.9 Å². The van der Waals surface area contributed by atoms with Gasteiger partial charge in [0, 0.05) is 37.1 Å². The molecule has 1 aromatic carbocycles. The molecule has 2 heterocycles. The molecule has 0 aliphatic carbocycles. The Kier molecular flexibility index (Phi) is 4.43. The highest BCUT2D eigenvalue weighted by Crippen LogP contribution is 2.29. The number of imidazole rings is 1. The van der Waals surface area contributed by atoms with Crippen LogP contribution in [0.1, 0.15) is 24.9 Å². The third-order valence-electron chi connectivity index (χ3n) is 4.57. The number of rotatable bonds is 4. The molecule has 0 spiro atoms. The highest BCUT2D eigenvalue weighted by molar-refractivity contribution is 5.31. The Morgan fingerprint density at radius 1 is 1.41 bits per heavy atom. The van der Waals surface area contributed by atoms with E-state index in [1.54, 1.807) is 6.07 Å². The van der Waals surface area contributed by atoms with Crippen LogP contribution in [0.2, 0.25) is 0 Å². The molecule has 1 fully saturated rings. The number of nitrogens with zero attached hydrogens (tertiary/aromatic N) is 3. The molecule has 5 heteroatoms. The second-order valence-corrected chi connectivity index (χ2v) is 6.01. The first-order valence-electron chi connectivity index (χ1n) is 7.70. The highest BCUT2D eigenvalue weighted by atomic mass is 19.1. The van der Waals surface area contributed by atoms with Gasteiger partial charge in [0.2, 0.25) is 0 Å². The first kappa shape index (κ1) is 15.0. The van der Waals surface area contributed by atoms with E-state index < -0.39 is 0 Å². The van der Waals surface area contributed by atoms with Crippen molar-refractivity contribution in [3.63, 3.8) is 0 Å².